The van der Waals surface area contributed by atoms with Gasteiger partial charge in [0.05, 0.1) is 6.04 Å². The van der Waals surface area contributed by atoms with Crippen LogP contribution in [0.4, 0.5) is 13.2 Å². The van der Waals surface area contributed by atoms with Crippen LogP contribution in [0.1, 0.15) is 17.2 Å². The van der Waals surface area contributed by atoms with Gasteiger partial charge in [-0.3, -0.25) is 5.84 Å². The molecule has 0 aliphatic carbocycles. The molecule has 3 N–H and O–H groups in total. The Morgan fingerprint density at radius 3 is 2.42 bits per heavy atom. The molecular formula is C13H10F3IN2. The van der Waals surface area contributed by atoms with Crippen LogP contribution in [0.5, 0.6) is 0 Å². The molecule has 1 atom stereocenters. The Bertz CT molecular complexity index is 604. The van der Waals surface area contributed by atoms with Gasteiger partial charge in [0.1, 0.15) is 0 Å². The van der Waals surface area contributed by atoms with Crippen molar-refractivity contribution in [3.8, 4) is 0 Å². The van der Waals surface area contributed by atoms with Crippen LogP contribution in [0.25, 0.3) is 0 Å². The normalized spacial score (nSPS) is 12.5. The third-order valence-corrected chi connectivity index (χ3v) is 3.40. The summed E-state index contributed by atoms with van der Waals surface area (Å²) in [4.78, 5) is 0. The molecule has 2 nitrogen and oxygen atoms in total. The van der Waals surface area contributed by atoms with Crippen LogP contribution in [-0.4, -0.2) is 0 Å². The largest absolute Gasteiger partial charge is 0.271 e. The molecule has 0 saturated carbocycles. The van der Waals surface area contributed by atoms with E-state index in [2.05, 4.69) is 28.0 Å². The smallest absolute Gasteiger partial charge is 0.194 e. The van der Waals surface area contributed by atoms with Crippen molar-refractivity contribution in [1.29, 1.82) is 0 Å². The Balaban J connectivity index is 2.51. The Labute approximate surface area is 121 Å². The molecule has 2 rings (SSSR count). The Hall–Kier alpha value is -1.12. The predicted molar refractivity (Wildman–Crippen MR) is 74.6 cm³/mol. The first-order valence-electron chi connectivity index (χ1n) is 5.39. The van der Waals surface area contributed by atoms with E-state index in [0.29, 0.717) is 5.56 Å². The quantitative estimate of drug-likeness (QED) is 0.373. The summed E-state index contributed by atoms with van der Waals surface area (Å²) >= 11 is 2.10. The molecule has 6 heteroatoms. The van der Waals surface area contributed by atoms with E-state index in [1.807, 2.05) is 6.07 Å². The van der Waals surface area contributed by atoms with Gasteiger partial charge < -0.3 is 0 Å². The molecule has 0 saturated heterocycles. The highest BCUT2D eigenvalue weighted by Gasteiger charge is 2.21. The molecule has 0 radical (unpaired) electrons. The maximum Gasteiger partial charge on any atom is 0.194 e. The maximum absolute atomic E-state index is 13.8. The first kappa shape index (κ1) is 14.3. The van der Waals surface area contributed by atoms with Gasteiger partial charge in [-0.05, 0) is 46.4 Å². The Kier molecular flexibility index (Phi) is 4.43. The lowest BCUT2D eigenvalue weighted by atomic mass is 9.98. The van der Waals surface area contributed by atoms with Gasteiger partial charge in [0.25, 0.3) is 0 Å². The van der Waals surface area contributed by atoms with Gasteiger partial charge in [0.15, 0.2) is 17.5 Å². The molecule has 2 aromatic rings. The SMILES string of the molecule is NNC(c1cccc(I)c1)c1ccc(F)c(F)c1F. The van der Waals surface area contributed by atoms with Crippen molar-refractivity contribution in [3.63, 3.8) is 0 Å². The topological polar surface area (TPSA) is 38.0 Å². The molecule has 0 amide bonds. The molecule has 0 spiro atoms. The maximum atomic E-state index is 13.8. The van der Waals surface area contributed by atoms with Gasteiger partial charge >= 0.3 is 0 Å². The highest BCUT2D eigenvalue weighted by Crippen LogP contribution is 2.27. The number of hydrogen-bond donors (Lipinski definition) is 2. The molecule has 1 unspecified atom stereocenters. The Morgan fingerprint density at radius 2 is 1.79 bits per heavy atom. The second-order valence-corrected chi connectivity index (χ2v) is 5.16. The van der Waals surface area contributed by atoms with E-state index in [1.165, 1.54) is 6.07 Å². The standard InChI is InChI=1S/C13H10F3IN2/c14-10-5-4-9(11(15)12(10)16)13(19-18)7-2-1-3-8(17)6-7/h1-6,13,19H,18H2. The molecule has 100 valence electrons. The van der Waals surface area contributed by atoms with E-state index in [0.717, 1.165) is 9.64 Å². The van der Waals surface area contributed by atoms with Crippen LogP contribution in [0.2, 0.25) is 0 Å². The summed E-state index contributed by atoms with van der Waals surface area (Å²) in [6, 6.07) is 8.46. The van der Waals surface area contributed by atoms with Gasteiger partial charge in [-0.1, -0.05) is 18.2 Å². The average Bonchev–Trinajstić information content (AvgIpc) is 2.40. The molecule has 0 fully saturated rings. The van der Waals surface area contributed by atoms with Crippen LogP contribution in [-0.2, 0) is 0 Å². The van der Waals surface area contributed by atoms with Crippen LogP contribution in [0.15, 0.2) is 36.4 Å². The fraction of sp³-hybridized carbons (Fsp3) is 0.0769. The number of hydrazine groups is 1. The van der Waals surface area contributed by atoms with Crippen LogP contribution in [0, 0.1) is 21.0 Å². The zero-order valence-electron chi connectivity index (χ0n) is 9.63. The fourth-order valence-electron chi connectivity index (χ4n) is 1.82. The highest BCUT2D eigenvalue weighted by atomic mass is 127. The number of benzene rings is 2. The predicted octanol–water partition coefficient (Wildman–Crippen LogP) is 3.26. The van der Waals surface area contributed by atoms with E-state index < -0.39 is 23.5 Å². The molecule has 0 aromatic heterocycles. The van der Waals surface area contributed by atoms with Crippen molar-refractivity contribution in [1.82, 2.24) is 5.43 Å². The minimum Gasteiger partial charge on any atom is -0.271 e. The van der Waals surface area contributed by atoms with Crippen molar-refractivity contribution in [2.45, 2.75) is 6.04 Å². The fourth-order valence-corrected chi connectivity index (χ4v) is 2.38. The lowest BCUT2D eigenvalue weighted by Crippen LogP contribution is -2.30. The average molecular weight is 378 g/mol. The monoisotopic (exact) mass is 378 g/mol. The number of hydrogen-bond acceptors (Lipinski definition) is 2. The van der Waals surface area contributed by atoms with Crippen molar-refractivity contribution in [2.24, 2.45) is 5.84 Å². The first-order chi connectivity index (χ1) is 9.04. The van der Waals surface area contributed by atoms with Crippen molar-refractivity contribution < 1.29 is 13.2 Å². The van der Waals surface area contributed by atoms with E-state index in [9.17, 15) is 13.2 Å². The summed E-state index contributed by atoms with van der Waals surface area (Å²) in [5, 5.41) is 0. The Morgan fingerprint density at radius 1 is 1.05 bits per heavy atom. The van der Waals surface area contributed by atoms with Crippen LogP contribution in [0.3, 0.4) is 0 Å². The molecule has 0 aliphatic rings. The van der Waals surface area contributed by atoms with E-state index in [1.54, 1.807) is 18.2 Å². The summed E-state index contributed by atoms with van der Waals surface area (Å²) in [6.45, 7) is 0. The van der Waals surface area contributed by atoms with Gasteiger partial charge in [0, 0.05) is 9.13 Å². The molecule has 2 aromatic carbocycles. The number of halogens is 4. The minimum absolute atomic E-state index is 0.0385. The number of nitrogens with one attached hydrogen (secondary N) is 1. The third kappa shape index (κ3) is 2.90. The molecular weight excluding hydrogens is 368 g/mol. The van der Waals surface area contributed by atoms with Crippen LogP contribution < -0.4 is 11.3 Å². The lowest BCUT2D eigenvalue weighted by molar-refractivity contribution is 0.433. The molecule has 0 aliphatic heterocycles. The summed E-state index contributed by atoms with van der Waals surface area (Å²) in [7, 11) is 0. The number of rotatable bonds is 3. The zero-order chi connectivity index (χ0) is 14.0. The summed E-state index contributed by atoms with van der Waals surface area (Å²) in [5.41, 5.74) is 3.04. The third-order valence-electron chi connectivity index (χ3n) is 2.72. The summed E-state index contributed by atoms with van der Waals surface area (Å²) < 4.78 is 40.9. The minimum atomic E-state index is -1.50. The second kappa shape index (κ2) is 5.89. The lowest BCUT2D eigenvalue weighted by Gasteiger charge is -2.18. The van der Waals surface area contributed by atoms with Crippen molar-refractivity contribution in [3.05, 3.63) is 68.5 Å². The van der Waals surface area contributed by atoms with Crippen LogP contribution >= 0.6 is 22.6 Å². The summed E-state index contributed by atoms with van der Waals surface area (Å²) in [5.74, 6) is 1.45. The van der Waals surface area contributed by atoms with Crippen molar-refractivity contribution >= 4 is 22.6 Å². The van der Waals surface area contributed by atoms with E-state index in [-0.39, 0.29) is 5.56 Å². The van der Waals surface area contributed by atoms with Gasteiger partial charge in [-0.25, -0.2) is 18.6 Å². The summed E-state index contributed by atoms with van der Waals surface area (Å²) in [6.07, 6.45) is 0. The first-order valence-corrected chi connectivity index (χ1v) is 6.47. The zero-order valence-corrected chi connectivity index (χ0v) is 11.8. The second-order valence-electron chi connectivity index (χ2n) is 3.92. The van der Waals surface area contributed by atoms with Gasteiger partial charge in [0.2, 0.25) is 0 Å². The molecule has 0 bridgehead atoms. The number of nitrogens with two attached hydrogens (primary N) is 1. The van der Waals surface area contributed by atoms with Gasteiger partial charge in [-0.2, -0.15) is 0 Å². The molecule has 19 heavy (non-hydrogen) atoms. The van der Waals surface area contributed by atoms with E-state index >= 15 is 0 Å². The highest BCUT2D eigenvalue weighted by molar-refractivity contribution is 14.1. The van der Waals surface area contributed by atoms with Gasteiger partial charge in [-0.15, -0.1) is 0 Å². The van der Waals surface area contributed by atoms with E-state index in [4.69, 9.17) is 5.84 Å². The molecule has 0 heterocycles. The van der Waals surface area contributed by atoms with Crippen molar-refractivity contribution in [2.75, 3.05) is 0 Å².